The fraction of sp³-hybridized carbons (Fsp3) is 0.118. The molecule has 0 aliphatic carbocycles. The highest BCUT2D eigenvalue weighted by molar-refractivity contribution is 7.99. The average Bonchev–Trinajstić information content (AvgIpc) is 3.09. The predicted molar refractivity (Wildman–Crippen MR) is 91.6 cm³/mol. The van der Waals surface area contributed by atoms with Gasteiger partial charge in [0.25, 0.3) is 17.0 Å². The number of halogens is 1. The summed E-state index contributed by atoms with van der Waals surface area (Å²) in [5, 5.41) is 1.09. The quantitative estimate of drug-likeness (QED) is 0.523. The molecule has 3 aromatic rings. The van der Waals surface area contributed by atoms with Gasteiger partial charge in [-0.2, -0.15) is 0 Å². The maximum Gasteiger partial charge on any atom is 0.261 e. The van der Waals surface area contributed by atoms with Crippen molar-refractivity contribution < 1.29 is 14.0 Å². The molecule has 0 spiro atoms. The Bertz CT molecular complexity index is 934. The van der Waals surface area contributed by atoms with Crippen LogP contribution in [0.4, 0.5) is 0 Å². The number of carbonyl (C=O) groups is 2. The molecule has 1 aliphatic heterocycles. The molecule has 0 N–H and O–H groups in total. The van der Waals surface area contributed by atoms with Gasteiger partial charge in [-0.15, -0.1) is 0 Å². The Balaban J connectivity index is 1.44. The molecule has 0 bridgehead atoms. The van der Waals surface area contributed by atoms with Gasteiger partial charge in [0.2, 0.25) is 0 Å². The Morgan fingerprint density at radius 2 is 1.79 bits per heavy atom. The van der Waals surface area contributed by atoms with E-state index in [1.807, 2.05) is 0 Å². The van der Waals surface area contributed by atoms with Gasteiger partial charge in [0.15, 0.2) is 5.58 Å². The third-order valence-corrected chi connectivity index (χ3v) is 4.79. The van der Waals surface area contributed by atoms with Crippen molar-refractivity contribution in [3.8, 4) is 0 Å². The van der Waals surface area contributed by atoms with Gasteiger partial charge in [-0.05, 0) is 30.3 Å². The number of hydrogen-bond donors (Lipinski definition) is 0. The summed E-state index contributed by atoms with van der Waals surface area (Å²) < 4.78 is 5.61. The lowest BCUT2D eigenvalue weighted by Gasteiger charge is -2.12. The van der Waals surface area contributed by atoms with Gasteiger partial charge in [-0.3, -0.25) is 14.5 Å². The smallest absolute Gasteiger partial charge is 0.261 e. The van der Waals surface area contributed by atoms with Crippen LogP contribution in [0.25, 0.3) is 11.1 Å². The first-order valence-corrected chi connectivity index (χ1v) is 8.64. The monoisotopic (exact) mass is 358 g/mol. The van der Waals surface area contributed by atoms with Crippen molar-refractivity contribution in [1.29, 1.82) is 0 Å². The zero-order valence-corrected chi connectivity index (χ0v) is 13.9. The number of rotatable bonds is 4. The molecule has 0 unspecified atom stereocenters. The van der Waals surface area contributed by atoms with Gasteiger partial charge in [0.05, 0.1) is 11.1 Å². The molecule has 24 heavy (non-hydrogen) atoms. The minimum Gasteiger partial charge on any atom is -0.431 e. The number of fused-ring (bicyclic) bond motifs is 2. The molecule has 0 saturated carbocycles. The van der Waals surface area contributed by atoms with Crippen LogP contribution in [0.3, 0.4) is 0 Å². The molecule has 2 heterocycles. The molecule has 0 fully saturated rings. The second-order valence-electron chi connectivity index (χ2n) is 5.25. The van der Waals surface area contributed by atoms with Crippen LogP contribution in [0, 0.1) is 0 Å². The predicted octanol–water partition coefficient (Wildman–Crippen LogP) is 3.87. The Morgan fingerprint density at radius 3 is 2.50 bits per heavy atom. The minimum atomic E-state index is -0.249. The molecule has 0 radical (unpaired) electrons. The lowest BCUT2D eigenvalue weighted by molar-refractivity contribution is 0.0664. The second kappa shape index (κ2) is 5.96. The summed E-state index contributed by atoms with van der Waals surface area (Å²) in [6, 6.07) is 12.1. The number of thioether (sulfide) groups is 1. The normalized spacial score (nSPS) is 13.8. The standard InChI is InChI=1S/C17H11ClN2O3S/c18-10-5-6-14-13(9-10)19-17(23-14)24-8-7-20-15(21)11-3-1-2-4-12(11)16(20)22/h1-6,9H,7-8H2. The molecule has 2 amide bonds. The maximum absolute atomic E-state index is 12.3. The highest BCUT2D eigenvalue weighted by Gasteiger charge is 2.34. The van der Waals surface area contributed by atoms with Gasteiger partial charge in [-0.1, -0.05) is 35.5 Å². The van der Waals surface area contributed by atoms with E-state index in [1.54, 1.807) is 42.5 Å². The van der Waals surface area contributed by atoms with Crippen LogP contribution >= 0.6 is 23.4 Å². The number of aromatic nitrogens is 1. The van der Waals surface area contributed by atoms with Gasteiger partial charge in [-0.25, -0.2) is 4.98 Å². The highest BCUT2D eigenvalue weighted by Crippen LogP contribution is 2.27. The van der Waals surface area contributed by atoms with Crippen LogP contribution < -0.4 is 0 Å². The van der Waals surface area contributed by atoms with E-state index in [9.17, 15) is 9.59 Å². The van der Waals surface area contributed by atoms with Crippen molar-refractivity contribution in [3.05, 3.63) is 58.6 Å². The number of nitrogens with zero attached hydrogens (tertiary/aromatic N) is 2. The molecule has 2 aromatic carbocycles. The van der Waals surface area contributed by atoms with Crippen LogP contribution in [-0.4, -0.2) is 34.0 Å². The highest BCUT2D eigenvalue weighted by atomic mass is 35.5. The third-order valence-electron chi connectivity index (χ3n) is 3.75. The van der Waals surface area contributed by atoms with Crippen LogP contribution in [0.1, 0.15) is 20.7 Å². The average molecular weight is 359 g/mol. The summed E-state index contributed by atoms with van der Waals surface area (Å²) in [4.78, 5) is 30.1. The molecule has 7 heteroatoms. The van der Waals surface area contributed by atoms with Gasteiger partial charge >= 0.3 is 0 Å². The molecular formula is C17H11ClN2O3S. The van der Waals surface area contributed by atoms with E-state index >= 15 is 0 Å². The molecule has 5 nitrogen and oxygen atoms in total. The van der Waals surface area contributed by atoms with Crippen LogP contribution in [0.5, 0.6) is 0 Å². The van der Waals surface area contributed by atoms with Gasteiger partial charge in [0, 0.05) is 17.3 Å². The summed E-state index contributed by atoms with van der Waals surface area (Å²) in [7, 11) is 0. The number of hydrogen-bond acceptors (Lipinski definition) is 5. The van der Waals surface area contributed by atoms with E-state index in [1.165, 1.54) is 16.7 Å². The Kier molecular flexibility index (Phi) is 3.78. The van der Waals surface area contributed by atoms with E-state index in [0.717, 1.165) is 0 Å². The number of oxazole rings is 1. The fourth-order valence-corrected chi connectivity index (χ4v) is 3.53. The number of carbonyl (C=O) groups excluding carboxylic acids is 2. The van der Waals surface area contributed by atoms with Gasteiger partial charge < -0.3 is 4.42 Å². The molecule has 0 saturated heterocycles. The Morgan fingerprint density at radius 1 is 1.08 bits per heavy atom. The van der Waals surface area contributed by atoms with Crippen LogP contribution in [-0.2, 0) is 0 Å². The topological polar surface area (TPSA) is 63.4 Å². The molecular weight excluding hydrogens is 348 g/mol. The third kappa shape index (κ3) is 2.57. The van der Waals surface area contributed by atoms with Crippen molar-refractivity contribution in [2.45, 2.75) is 5.22 Å². The summed E-state index contributed by atoms with van der Waals surface area (Å²) in [5.41, 5.74) is 2.27. The molecule has 1 aliphatic rings. The van der Waals surface area contributed by atoms with E-state index in [-0.39, 0.29) is 11.8 Å². The van der Waals surface area contributed by atoms with Crippen molar-refractivity contribution >= 4 is 46.3 Å². The van der Waals surface area contributed by atoms with Gasteiger partial charge in [0.1, 0.15) is 5.52 Å². The molecule has 120 valence electrons. The first-order chi connectivity index (χ1) is 11.6. The molecule has 4 rings (SSSR count). The van der Waals surface area contributed by atoms with Crippen molar-refractivity contribution in [1.82, 2.24) is 9.88 Å². The van der Waals surface area contributed by atoms with E-state index in [2.05, 4.69) is 4.98 Å². The summed E-state index contributed by atoms with van der Waals surface area (Å²) in [6.07, 6.45) is 0. The lowest BCUT2D eigenvalue weighted by atomic mass is 10.1. The Hall–Kier alpha value is -2.31. The van der Waals surface area contributed by atoms with E-state index in [4.69, 9.17) is 16.0 Å². The first-order valence-electron chi connectivity index (χ1n) is 7.27. The zero-order chi connectivity index (χ0) is 16.7. The number of benzene rings is 2. The minimum absolute atomic E-state index is 0.249. The SMILES string of the molecule is O=C1c2ccccc2C(=O)N1CCSc1nc2cc(Cl)ccc2o1. The van der Waals surface area contributed by atoms with E-state index in [0.29, 0.717) is 44.8 Å². The lowest BCUT2D eigenvalue weighted by Crippen LogP contribution is -2.31. The maximum atomic E-state index is 12.3. The van der Waals surface area contributed by atoms with Crippen molar-refractivity contribution in [3.63, 3.8) is 0 Å². The largest absolute Gasteiger partial charge is 0.431 e. The molecule has 1 aromatic heterocycles. The van der Waals surface area contributed by atoms with Crippen molar-refractivity contribution in [2.75, 3.05) is 12.3 Å². The van der Waals surface area contributed by atoms with E-state index < -0.39 is 0 Å². The number of amides is 2. The van der Waals surface area contributed by atoms with Crippen LogP contribution in [0.15, 0.2) is 52.1 Å². The van der Waals surface area contributed by atoms with Crippen molar-refractivity contribution in [2.24, 2.45) is 0 Å². The zero-order valence-electron chi connectivity index (χ0n) is 12.4. The second-order valence-corrected chi connectivity index (χ2v) is 6.73. The molecule has 0 atom stereocenters. The summed E-state index contributed by atoms with van der Waals surface area (Å²) >= 11 is 7.28. The summed E-state index contributed by atoms with van der Waals surface area (Å²) in [5.74, 6) is 0.00699. The number of imide groups is 1. The fourth-order valence-electron chi connectivity index (χ4n) is 2.61. The summed E-state index contributed by atoms with van der Waals surface area (Å²) in [6.45, 7) is 0.302. The Labute approximate surface area is 146 Å². The first kappa shape index (κ1) is 15.2. The van der Waals surface area contributed by atoms with Crippen LogP contribution in [0.2, 0.25) is 5.02 Å².